The van der Waals surface area contributed by atoms with Gasteiger partial charge in [0.05, 0.1) is 19.8 Å². The zero-order valence-corrected chi connectivity index (χ0v) is 13.1. The largest absolute Gasteiger partial charge is 0.493 e. The monoisotopic (exact) mass is 351 g/mol. The lowest BCUT2D eigenvalue weighted by Gasteiger charge is -2.20. The number of aliphatic hydroxyl groups is 2. The van der Waals surface area contributed by atoms with Crippen LogP contribution in [0, 0.1) is 0 Å². The number of anilines is 1. The Kier molecular flexibility index (Phi) is 6.27. The third-order valence-electron chi connectivity index (χ3n) is 3.54. The van der Waals surface area contributed by atoms with Gasteiger partial charge in [-0.15, -0.1) is 0 Å². The summed E-state index contributed by atoms with van der Waals surface area (Å²) in [7, 11) is 1.54. The molecule has 1 aromatic rings. The number of alkyl halides is 3. The van der Waals surface area contributed by atoms with Gasteiger partial charge in [-0.1, -0.05) is 0 Å². The van der Waals surface area contributed by atoms with E-state index in [4.69, 9.17) is 19.3 Å². The van der Waals surface area contributed by atoms with Crippen molar-refractivity contribution < 1.29 is 37.6 Å². The molecule has 3 unspecified atom stereocenters. The van der Waals surface area contributed by atoms with Crippen LogP contribution in [-0.2, 0) is 9.47 Å². The number of benzene rings is 1. The van der Waals surface area contributed by atoms with Crippen LogP contribution < -0.4 is 9.64 Å². The SMILES string of the molecule is COCC1CN(c2ccc(OCCC(O)C(F)(F)F)cc2)C(O)O1. The van der Waals surface area contributed by atoms with Gasteiger partial charge >= 0.3 is 6.18 Å². The van der Waals surface area contributed by atoms with Crippen LogP contribution in [0.3, 0.4) is 0 Å². The smallest absolute Gasteiger partial charge is 0.414 e. The quantitative estimate of drug-likeness (QED) is 0.776. The van der Waals surface area contributed by atoms with E-state index in [0.29, 0.717) is 24.6 Å². The molecule has 3 atom stereocenters. The van der Waals surface area contributed by atoms with Crippen LogP contribution in [0.15, 0.2) is 24.3 Å². The van der Waals surface area contributed by atoms with Crippen LogP contribution in [0.2, 0.25) is 0 Å². The fraction of sp³-hybridized carbons (Fsp3) is 0.600. The van der Waals surface area contributed by atoms with E-state index in [1.807, 2.05) is 0 Å². The predicted molar refractivity (Wildman–Crippen MR) is 78.7 cm³/mol. The Hall–Kier alpha value is -1.55. The number of halogens is 3. The molecule has 2 N–H and O–H groups in total. The molecule has 1 fully saturated rings. The first-order valence-electron chi connectivity index (χ1n) is 7.38. The first-order valence-corrected chi connectivity index (χ1v) is 7.38. The van der Waals surface area contributed by atoms with E-state index in [0.717, 1.165) is 0 Å². The number of hydrogen-bond donors (Lipinski definition) is 2. The normalized spacial score (nSPS) is 22.7. The van der Waals surface area contributed by atoms with Crippen LogP contribution in [0.25, 0.3) is 0 Å². The molecule has 136 valence electrons. The lowest BCUT2D eigenvalue weighted by atomic mass is 10.2. The number of rotatable bonds is 7. The number of methoxy groups -OCH3 is 1. The molecule has 0 amide bonds. The van der Waals surface area contributed by atoms with Crippen molar-refractivity contribution in [1.82, 2.24) is 0 Å². The van der Waals surface area contributed by atoms with Crippen LogP contribution in [-0.4, -0.2) is 61.9 Å². The van der Waals surface area contributed by atoms with E-state index in [9.17, 15) is 18.3 Å². The maximum atomic E-state index is 12.2. The summed E-state index contributed by atoms with van der Waals surface area (Å²) in [5.41, 5.74) is 0.684. The van der Waals surface area contributed by atoms with E-state index in [1.165, 1.54) is 0 Å². The summed E-state index contributed by atoms with van der Waals surface area (Å²) >= 11 is 0. The van der Waals surface area contributed by atoms with E-state index in [1.54, 1.807) is 36.3 Å². The molecule has 6 nitrogen and oxygen atoms in total. The number of ether oxygens (including phenoxy) is 3. The van der Waals surface area contributed by atoms with Crippen molar-refractivity contribution in [2.24, 2.45) is 0 Å². The van der Waals surface area contributed by atoms with E-state index in [2.05, 4.69) is 0 Å². The maximum Gasteiger partial charge on any atom is 0.414 e. The van der Waals surface area contributed by atoms with E-state index >= 15 is 0 Å². The Morgan fingerprint density at radius 3 is 2.58 bits per heavy atom. The molecular weight excluding hydrogens is 331 g/mol. The van der Waals surface area contributed by atoms with E-state index < -0.39 is 25.1 Å². The lowest BCUT2D eigenvalue weighted by Crippen LogP contribution is -2.30. The summed E-state index contributed by atoms with van der Waals surface area (Å²) in [5, 5.41) is 18.8. The predicted octanol–water partition coefficient (Wildman–Crippen LogP) is 1.51. The molecule has 9 heteroatoms. The minimum Gasteiger partial charge on any atom is -0.493 e. The zero-order chi connectivity index (χ0) is 17.7. The van der Waals surface area contributed by atoms with Crippen molar-refractivity contribution in [3.63, 3.8) is 0 Å². The van der Waals surface area contributed by atoms with Gasteiger partial charge in [0.15, 0.2) is 6.10 Å². The van der Waals surface area contributed by atoms with Crippen LogP contribution >= 0.6 is 0 Å². The van der Waals surface area contributed by atoms with Gasteiger partial charge in [-0.05, 0) is 24.3 Å². The number of nitrogens with zero attached hydrogens (tertiary/aromatic N) is 1. The highest BCUT2D eigenvalue weighted by Gasteiger charge is 2.37. The summed E-state index contributed by atoms with van der Waals surface area (Å²) in [6.07, 6.45) is -8.91. The highest BCUT2D eigenvalue weighted by Crippen LogP contribution is 2.26. The highest BCUT2D eigenvalue weighted by atomic mass is 19.4. The zero-order valence-electron chi connectivity index (χ0n) is 13.1. The summed E-state index contributed by atoms with van der Waals surface area (Å²) in [4.78, 5) is 1.63. The van der Waals surface area contributed by atoms with Crippen molar-refractivity contribution in [1.29, 1.82) is 0 Å². The minimum atomic E-state index is -4.64. The van der Waals surface area contributed by atoms with Crippen molar-refractivity contribution in [2.75, 3.05) is 31.8 Å². The standard InChI is InChI=1S/C15H20F3NO5/c1-22-9-12-8-19(14(21)24-12)10-2-4-11(5-3-10)23-7-6-13(20)15(16,17)18/h2-5,12-14,20-21H,6-9H2,1H3. The molecule has 1 saturated heterocycles. The highest BCUT2D eigenvalue weighted by molar-refractivity contribution is 5.49. The summed E-state index contributed by atoms with van der Waals surface area (Å²) in [6, 6.07) is 6.48. The second-order valence-electron chi connectivity index (χ2n) is 5.38. The Balaban J connectivity index is 1.85. The molecule has 2 rings (SSSR count). The molecule has 0 spiro atoms. The molecule has 1 aliphatic heterocycles. The minimum absolute atomic E-state index is 0.246. The molecule has 0 radical (unpaired) electrons. The second kappa shape index (κ2) is 8.02. The van der Waals surface area contributed by atoms with Gasteiger partial charge < -0.3 is 29.3 Å². The summed E-state index contributed by atoms with van der Waals surface area (Å²) < 4.78 is 52.0. The Morgan fingerprint density at radius 2 is 2.00 bits per heavy atom. The first-order chi connectivity index (χ1) is 11.3. The summed E-state index contributed by atoms with van der Waals surface area (Å²) in [6.45, 7) is 0.550. The molecular formula is C15H20F3NO5. The Morgan fingerprint density at radius 1 is 1.33 bits per heavy atom. The topological polar surface area (TPSA) is 71.4 Å². The van der Waals surface area contributed by atoms with Crippen molar-refractivity contribution in [3.8, 4) is 5.75 Å². The van der Waals surface area contributed by atoms with Gasteiger partial charge in [0.25, 0.3) is 0 Å². The van der Waals surface area contributed by atoms with Crippen molar-refractivity contribution in [3.05, 3.63) is 24.3 Å². The molecule has 1 aliphatic rings. The third-order valence-corrected chi connectivity index (χ3v) is 3.54. The van der Waals surface area contributed by atoms with Crippen molar-refractivity contribution in [2.45, 2.75) is 31.2 Å². The Bertz CT molecular complexity index is 511. The summed E-state index contributed by atoms with van der Waals surface area (Å²) in [5.74, 6) is 0.371. The number of aliphatic hydroxyl groups excluding tert-OH is 2. The van der Waals surface area contributed by atoms with Gasteiger partial charge in [-0.25, -0.2) is 0 Å². The third kappa shape index (κ3) is 4.97. The molecule has 0 saturated carbocycles. The molecule has 0 aromatic heterocycles. The van der Waals surface area contributed by atoms with Crippen LogP contribution in [0.4, 0.5) is 18.9 Å². The van der Waals surface area contributed by atoms with Crippen molar-refractivity contribution >= 4 is 5.69 Å². The van der Waals surface area contributed by atoms with E-state index in [-0.39, 0.29) is 12.7 Å². The van der Waals surface area contributed by atoms with Gasteiger partial charge in [-0.3, -0.25) is 0 Å². The van der Waals surface area contributed by atoms with Gasteiger partial charge in [0.2, 0.25) is 6.41 Å². The molecule has 1 heterocycles. The molecule has 0 aliphatic carbocycles. The van der Waals surface area contributed by atoms with Crippen LogP contribution in [0.1, 0.15) is 6.42 Å². The average molecular weight is 351 g/mol. The van der Waals surface area contributed by atoms with Gasteiger partial charge in [0.1, 0.15) is 11.9 Å². The average Bonchev–Trinajstić information content (AvgIpc) is 2.88. The molecule has 1 aromatic carbocycles. The maximum absolute atomic E-state index is 12.2. The second-order valence-corrected chi connectivity index (χ2v) is 5.38. The fourth-order valence-corrected chi connectivity index (χ4v) is 2.29. The van der Waals surface area contributed by atoms with Gasteiger partial charge in [-0.2, -0.15) is 13.2 Å². The Labute approximate surface area is 137 Å². The van der Waals surface area contributed by atoms with Gasteiger partial charge in [0, 0.05) is 19.2 Å². The number of hydrogen-bond acceptors (Lipinski definition) is 6. The molecule has 0 bridgehead atoms. The lowest BCUT2D eigenvalue weighted by molar-refractivity contribution is -0.206. The fourth-order valence-electron chi connectivity index (χ4n) is 2.29. The van der Waals surface area contributed by atoms with Crippen LogP contribution in [0.5, 0.6) is 5.75 Å². The first kappa shape index (κ1) is 18.8. The molecule has 24 heavy (non-hydrogen) atoms.